The molecule has 1 aliphatic heterocycles. The minimum Gasteiger partial charge on any atom is -0.453 e. The third kappa shape index (κ3) is 2.55. The highest BCUT2D eigenvalue weighted by Crippen LogP contribution is 2.33. The van der Waals surface area contributed by atoms with Gasteiger partial charge in [0.05, 0.1) is 6.42 Å². The number of nitrogens with two attached hydrogens (primary N) is 1. The van der Waals surface area contributed by atoms with Gasteiger partial charge in [0, 0.05) is 17.1 Å². The maximum atomic E-state index is 11.5. The molecule has 1 unspecified atom stereocenters. The molecule has 3 rings (SSSR count). The van der Waals surface area contributed by atoms with E-state index in [1.54, 1.807) is 6.20 Å². The van der Waals surface area contributed by atoms with Crippen LogP contribution in [0.4, 0.5) is 0 Å². The highest BCUT2D eigenvalue weighted by molar-refractivity contribution is 7.09. The number of nitrogens with zero attached hydrogens (tertiary/aromatic N) is 2. The van der Waals surface area contributed by atoms with E-state index < -0.39 is 6.10 Å². The molecular weight excluding hydrogens is 274 g/mol. The number of hydrogen-bond donors (Lipinski definition) is 1. The van der Waals surface area contributed by atoms with Gasteiger partial charge in [0.2, 0.25) is 0 Å². The van der Waals surface area contributed by atoms with E-state index in [0.29, 0.717) is 5.84 Å². The number of cyclic esters (lactones) is 1. The van der Waals surface area contributed by atoms with E-state index in [4.69, 9.17) is 10.5 Å². The van der Waals surface area contributed by atoms with Crippen molar-refractivity contribution in [1.82, 2.24) is 4.98 Å². The first-order chi connectivity index (χ1) is 9.74. The lowest BCUT2D eigenvalue weighted by atomic mass is 10.1. The van der Waals surface area contributed by atoms with Crippen molar-refractivity contribution in [1.29, 1.82) is 0 Å². The summed E-state index contributed by atoms with van der Waals surface area (Å²) in [7, 11) is 0. The first-order valence-corrected chi connectivity index (χ1v) is 7.09. The molecule has 1 saturated heterocycles. The monoisotopic (exact) mass is 287 g/mol. The molecule has 1 aromatic heterocycles. The van der Waals surface area contributed by atoms with Crippen molar-refractivity contribution in [3.63, 3.8) is 0 Å². The topological polar surface area (TPSA) is 77.6 Å². The van der Waals surface area contributed by atoms with E-state index in [0.717, 1.165) is 10.6 Å². The zero-order chi connectivity index (χ0) is 13.9. The summed E-state index contributed by atoms with van der Waals surface area (Å²) in [5.74, 6) is 0.148. The first kappa shape index (κ1) is 12.8. The SMILES string of the molecule is NC(=N[C@H]1CC(=O)OC1c1nccs1)c1ccccc1. The van der Waals surface area contributed by atoms with Gasteiger partial charge < -0.3 is 10.5 Å². The molecule has 20 heavy (non-hydrogen) atoms. The molecule has 6 heteroatoms. The molecular formula is C14H13N3O2S. The van der Waals surface area contributed by atoms with Crippen LogP contribution in [0.15, 0.2) is 46.9 Å². The van der Waals surface area contributed by atoms with Crippen molar-refractivity contribution in [3.8, 4) is 0 Å². The lowest BCUT2D eigenvalue weighted by molar-refractivity contribution is -0.141. The molecule has 2 N–H and O–H groups in total. The van der Waals surface area contributed by atoms with E-state index in [-0.39, 0.29) is 18.4 Å². The zero-order valence-corrected chi connectivity index (χ0v) is 11.4. The van der Waals surface area contributed by atoms with Crippen molar-refractivity contribution in [2.45, 2.75) is 18.6 Å². The Hall–Kier alpha value is -2.21. The highest BCUT2D eigenvalue weighted by atomic mass is 32.1. The van der Waals surface area contributed by atoms with Gasteiger partial charge in [0.1, 0.15) is 16.9 Å². The summed E-state index contributed by atoms with van der Waals surface area (Å²) < 4.78 is 5.30. The Balaban J connectivity index is 1.87. The Kier molecular flexibility index (Phi) is 3.47. The quantitative estimate of drug-likeness (QED) is 0.531. The molecule has 2 atom stereocenters. The molecule has 1 fully saturated rings. The number of ether oxygens (including phenoxy) is 1. The Labute approximate surface area is 120 Å². The molecule has 0 bridgehead atoms. The summed E-state index contributed by atoms with van der Waals surface area (Å²) in [5, 5.41) is 2.61. The predicted molar refractivity (Wildman–Crippen MR) is 76.5 cm³/mol. The van der Waals surface area contributed by atoms with E-state index in [2.05, 4.69) is 9.98 Å². The molecule has 0 radical (unpaired) electrons. The molecule has 0 saturated carbocycles. The predicted octanol–water partition coefficient (Wildman–Crippen LogP) is 1.91. The summed E-state index contributed by atoms with van der Waals surface area (Å²) >= 11 is 1.45. The lowest BCUT2D eigenvalue weighted by Gasteiger charge is -2.12. The van der Waals surface area contributed by atoms with Crippen LogP contribution in [0.3, 0.4) is 0 Å². The molecule has 2 heterocycles. The second-order valence-electron chi connectivity index (χ2n) is 4.43. The largest absolute Gasteiger partial charge is 0.453 e. The fourth-order valence-corrected chi connectivity index (χ4v) is 2.83. The number of benzene rings is 1. The van der Waals surface area contributed by atoms with Gasteiger partial charge in [-0.05, 0) is 0 Å². The fourth-order valence-electron chi connectivity index (χ4n) is 2.11. The van der Waals surface area contributed by atoms with Gasteiger partial charge in [0.25, 0.3) is 0 Å². The third-order valence-electron chi connectivity index (χ3n) is 3.05. The molecule has 1 aliphatic rings. The van der Waals surface area contributed by atoms with Crippen molar-refractivity contribution in [2.24, 2.45) is 10.7 Å². The van der Waals surface area contributed by atoms with Crippen LogP contribution in [0, 0.1) is 0 Å². The summed E-state index contributed by atoms with van der Waals surface area (Å²) in [6.45, 7) is 0. The normalized spacial score (nSPS) is 22.8. The number of esters is 1. The van der Waals surface area contributed by atoms with Crippen LogP contribution < -0.4 is 5.73 Å². The number of aliphatic imine (C=N–C) groups is 1. The Morgan fingerprint density at radius 3 is 2.90 bits per heavy atom. The second-order valence-corrected chi connectivity index (χ2v) is 5.36. The molecule has 0 amide bonds. The van der Waals surface area contributed by atoms with Crippen molar-refractivity contribution < 1.29 is 9.53 Å². The number of hydrogen-bond acceptors (Lipinski definition) is 5. The van der Waals surface area contributed by atoms with Crippen LogP contribution in [-0.4, -0.2) is 22.8 Å². The summed E-state index contributed by atoms with van der Waals surface area (Å²) in [4.78, 5) is 20.2. The number of rotatable bonds is 3. The van der Waals surface area contributed by atoms with Crippen molar-refractivity contribution in [3.05, 3.63) is 52.5 Å². The number of aromatic nitrogens is 1. The summed E-state index contributed by atoms with van der Waals surface area (Å²) in [5.41, 5.74) is 6.84. The van der Waals surface area contributed by atoms with Gasteiger partial charge in [-0.3, -0.25) is 9.79 Å². The van der Waals surface area contributed by atoms with Crippen LogP contribution in [0.5, 0.6) is 0 Å². The smallest absolute Gasteiger partial charge is 0.308 e. The summed E-state index contributed by atoms with van der Waals surface area (Å²) in [6, 6.07) is 9.16. The first-order valence-electron chi connectivity index (χ1n) is 6.21. The van der Waals surface area contributed by atoms with Crippen molar-refractivity contribution >= 4 is 23.1 Å². The van der Waals surface area contributed by atoms with Gasteiger partial charge in [-0.1, -0.05) is 30.3 Å². The van der Waals surface area contributed by atoms with Crippen molar-refractivity contribution in [2.75, 3.05) is 0 Å². The molecule has 102 valence electrons. The Morgan fingerprint density at radius 1 is 1.40 bits per heavy atom. The maximum absolute atomic E-state index is 11.5. The number of carbonyl (C=O) groups is 1. The van der Waals surface area contributed by atoms with E-state index in [9.17, 15) is 4.79 Å². The van der Waals surface area contributed by atoms with Gasteiger partial charge >= 0.3 is 5.97 Å². The molecule has 0 spiro atoms. The third-order valence-corrected chi connectivity index (χ3v) is 3.89. The van der Waals surface area contributed by atoms with Gasteiger partial charge in [-0.15, -0.1) is 11.3 Å². The second kappa shape index (κ2) is 5.42. The van der Waals surface area contributed by atoms with Gasteiger partial charge in [-0.2, -0.15) is 0 Å². The van der Waals surface area contributed by atoms with Gasteiger partial charge in [-0.25, -0.2) is 4.98 Å². The van der Waals surface area contributed by atoms with E-state index in [1.807, 2.05) is 35.7 Å². The van der Waals surface area contributed by atoms with Crippen LogP contribution in [0.1, 0.15) is 23.1 Å². The molecule has 5 nitrogen and oxygen atoms in total. The molecule has 2 aromatic rings. The minimum absolute atomic E-state index is 0.234. The lowest BCUT2D eigenvalue weighted by Crippen LogP contribution is -2.20. The Bertz CT molecular complexity index is 625. The number of amidine groups is 1. The van der Waals surface area contributed by atoms with Crippen LogP contribution in [0.2, 0.25) is 0 Å². The number of carbonyl (C=O) groups excluding carboxylic acids is 1. The fraction of sp³-hybridized carbons (Fsp3) is 0.214. The minimum atomic E-state index is -0.426. The summed E-state index contributed by atoms with van der Waals surface area (Å²) in [6.07, 6.45) is 1.50. The van der Waals surface area contributed by atoms with Crippen LogP contribution in [0.25, 0.3) is 0 Å². The highest BCUT2D eigenvalue weighted by Gasteiger charge is 2.37. The van der Waals surface area contributed by atoms with E-state index in [1.165, 1.54) is 11.3 Å². The maximum Gasteiger partial charge on any atom is 0.308 e. The molecule has 1 aromatic carbocycles. The molecule has 0 aliphatic carbocycles. The van der Waals surface area contributed by atoms with Gasteiger partial charge in [0.15, 0.2) is 6.10 Å². The number of thiazole rings is 1. The van der Waals surface area contributed by atoms with Crippen LogP contribution >= 0.6 is 11.3 Å². The van der Waals surface area contributed by atoms with E-state index >= 15 is 0 Å². The van der Waals surface area contributed by atoms with Crippen LogP contribution in [-0.2, 0) is 9.53 Å². The Morgan fingerprint density at radius 2 is 2.20 bits per heavy atom. The standard InChI is InChI=1S/C14H13N3O2S/c15-13(9-4-2-1-3-5-9)17-10-8-11(18)19-12(10)14-16-6-7-20-14/h1-7,10,12H,8H2,(H2,15,17)/t10-,12?/m0/s1. The average Bonchev–Trinajstić information content (AvgIpc) is 3.09. The average molecular weight is 287 g/mol. The zero-order valence-electron chi connectivity index (χ0n) is 10.6.